The van der Waals surface area contributed by atoms with Crippen molar-refractivity contribution in [2.45, 2.75) is 45.4 Å². The summed E-state index contributed by atoms with van der Waals surface area (Å²) in [6, 6.07) is 24.2. The smallest absolute Gasteiger partial charge is 0.494 e. The van der Waals surface area contributed by atoms with Crippen LogP contribution in [-0.4, -0.2) is 53.1 Å². The van der Waals surface area contributed by atoms with Crippen molar-refractivity contribution >= 4 is 34.9 Å². The Bertz CT molecular complexity index is 1420. The van der Waals surface area contributed by atoms with Crippen LogP contribution in [0.2, 0.25) is 0 Å². The number of nitrogens with one attached hydrogen (secondary N) is 1. The Balaban J connectivity index is 1.57. The Morgan fingerprint density at radius 1 is 0.919 bits per heavy atom. The van der Waals surface area contributed by atoms with Crippen molar-refractivity contribution in [1.82, 2.24) is 9.88 Å². The van der Waals surface area contributed by atoms with Crippen LogP contribution in [0.1, 0.15) is 44.4 Å². The highest BCUT2D eigenvalue weighted by molar-refractivity contribution is 6.62. The number of hydrogen-bond donors (Lipinski definition) is 2. The van der Waals surface area contributed by atoms with Crippen LogP contribution in [0.4, 0.5) is 5.69 Å². The highest BCUT2D eigenvalue weighted by Gasteiger charge is 2.51. The van der Waals surface area contributed by atoms with E-state index in [0.29, 0.717) is 11.3 Å². The SMILES string of the molecule is CN(C)Cc1ccc(N=C(c2ccccc2)c2c(O)[nH]c3cc(B4OC(C)(C)C(C)(C)O4)ccc23)cc1. The fraction of sp³-hybridized carbons (Fsp3) is 0.300. The summed E-state index contributed by atoms with van der Waals surface area (Å²) < 4.78 is 12.5. The zero-order valence-electron chi connectivity index (χ0n) is 22.4. The van der Waals surface area contributed by atoms with Crippen molar-refractivity contribution < 1.29 is 14.4 Å². The van der Waals surface area contributed by atoms with Gasteiger partial charge in [0.25, 0.3) is 0 Å². The van der Waals surface area contributed by atoms with Gasteiger partial charge in [0.1, 0.15) is 0 Å². The fourth-order valence-corrected chi connectivity index (χ4v) is 4.60. The molecule has 0 radical (unpaired) electrons. The Morgan fingerprint density at radius 2 is 1.57 bits per heavy atom. The zero-order valence-corrected chi connectivity index (χ0v) is 22.4. The Hall–Kier alpha value is -3.39. The molecule has 0 saturated carbocycles. The summed E-state index contributed by atoms with van der Waals surface area (Å²) in [5.41, 5.74) is 5.17. The second-order valence-corrected chi connectivity index (χ2v) is 11.0. The van der Waals surface area contributed by atoms with Crippen molar-refractivity contribution in [2.75, 3.05) is 14.1 Å². The molecule has 37 heavy (non-hydrogen) atoms. The zero-order chi connectivity index (χ0) is 26.4. The van der Waals surface area contributed by atoms with Crippen LogP contribution in [-0.2, 0) is 15.9 Å². The van der Waals surface area contributed by atoms with Gasteiger partial charge in [0.05, 0.1) is 28.2 Å². The number of hydrogen-bond acceptors (Lipinski definition) is 5. The summed E-state index contributed by atoms with van der Waals surface area (Å²) in [5, 5.41) is 12.0. The van der Waals surface area contributed by atoms with Gasteiger partial charge in [-0.05, 0) is 71.0 Å². The lowest BCUT2D eigenvalue weighted by atomic mass is 9.78. The van der Waals surface area contributed by atoms with Crippen molar-refractivity contribution in [2.24, 2.45) is 4.99 Å². The van der Waals surface area contributed by atoms with Gasteiger partial charge in [-0.15, -0.1) is 0 Å². The Labute approximate surface area is 219 Å². The predicted octanol–water partition coefficient (Wildman–Crippen LogP) is 5.40. The van der Waals surface area contributed by atoms with E-state index < -0.39 is 18.3 Å². The standard InChI is InChI=1S/C30H34BN3O3/c1-29(2)30(3,4)37-31(36-29)22-14-17-24-25(18-22)33-28(35)26(24)27(21-10-8-7-9-11-21)32-23-15-12-20(13-16-23)19-34(5)6/h7-18,33,35H,19H2,1-6H3. The monoisotopic (exact) mass is 495 g/mol. The van der Waals surface area contributed by atoms with Crippen molar-refractivity contribution in [1.29, 1.82) is 0 Å². The second-order valence-electron chi connectivity index (χ2n) is 11.0. The second kappa shape index (κ2) is 9.49. The average molecular weight is 495 g/mol. The van der Waals surface area contributed by atoms with Crippen LogP contribution in [0.25, 0.3) is 10.9 Å². The molecule has 5 rings (SSSR count). The molecule has 6 nitrogen and oxygen atoms in total. The summed E-state index contributed by atoms with van der Waals surface area (Å²) >= 11 is 0. The maximum atomic E-state index is 11.1. The van der Waals surface area contributed by atoms with Crippen molar-refractivity contribution in [3.8, 4) is 5.88 Å². The lowest BCUT2D eigenvalue weighted by Crippen LogP contribution is -2.41. The molecule has 2 heterocycles. The van der Waals surface area contributed by atoms with Crippen LogP contribution < -0.4 is 5.46 Å². The van der Waals surface area contributed by atoms with Crippen LogP contribution in [0.3, 0.4) is 0 Å². The summed E-state index contributed by atoms with van der Waals surface area (Å²) in [6.07, 6.45) is 0. The lowest BCUT2D eigenvalue weighted by Gasteiger charge is -2.32. The molecule has 7 heteroatoms. The number of benzene rings is 3. The molecule has 1 fully saturated rings. The normalized spacial score (nSPS) is 17.2. The first-order chi connectivity index (χ1) is 17.5. The van der Waals surface area contributed by atoms with E-state index in [9.17, 15) is 5.11 Å². The van der Waals surface area contributed by atoms with Gasteiger partial charge in [0.15, 0.2) is 5.88 Å². The molecule has 2 N–H and O–H groups in total. The third-order valence-corrected chi connectivity index (χ3v) is 7.29. The lowest BCUT2D eigenvalue weighted by molar-refractivity contribution is 0.00578. The summed E-state index contributed by atoms with van der Waals surface area (Å²) in [4.78, 5) is 10.3. The van der Waals surface area contributed by atoms with Crippen LogP contribution in [0.15, 0.2) is 77.8 Å². The van der Waals surface area contributed by atoms with Gasteiger partial charge in [-0.2, -0.15) is 0 Å². The van der Waals surface area contributed by atoms with Gasteiger partial charge in [-0.3, -0.25) is 0 Å². The number of rotatable bonds is 6. The number of aromatic hydroxyl groups is 1. The van der Waals surface area contributed by atoms with E-state index in [1.54, 1.807) is 0 Å². The molecular formula is C30H34BN3O3. The number of aromatic nitrogens is 1. The fourth-order valence-electron chi connectivity index (χ4n) is 4.60. The largest absolute Gasteiger partial charge is 0.494 e. The first-order valence-corrected chi connectivity index (χ1v) is 12.6. The van der Waals surface area contributed by atoms with Crippen LogP contribution >= 0.6 is 0 Å². The molecule has 0 bridgehead atoms. The molecule has 4 aromatic rings. The van der Waals surface area contributed by atoms with E-state index in [1.807, 2.05) is 88.4 Å². The predicted molar refractivity (Wildman–Crippen MR) is 151 cm³/mol. The van der Waals surface area contributed by atoms with Gasteiger partial charge < -0.3 is 24.3 Å². The van der Waals surface area contributed by atoms with Crippen molar-refractivity contribution in [3.05, 3.63) is 89.5 Å². The van der Waals surface area contributed by atoms with Gasteiger partial charge in [0.2, 0.25) is 0 Å². The first kappa shape index (κ1) is 25.3. The molecule has 3 aromatic carbocycles. The topological polar surface area (TPSA) is 70.1 Å². The van der Waals surface area contributed by atoms with Crippen LogP contribution in [0, 0.1) is 0 Å². The van der Waals surface area contributed by atoms with E-state index in [4.69, 9.17) is 14.3 Å². The molecule has 1 aromatic heterocycles. The number of aliphatic imine (C=N–C) groups is 1. The van der Waals surface area contributed by atoms with E-state index in [2.05, 4.69) is 36.1 Å². The highest BCUT2D eigenvalue weighted by atomic mass is 16.7. The molecule has 1 aliphatic heterocycles. The summed E-state index contributed by atoms with van der Waals surface area (Å²) in [7, 11) is 3.63. The minimum atomic E-state index is -0.480. The quantitative estimate of drug-likeness (QED) is 0.278. The molecule has 0 spiro atoms. The number of aromatic amines is 1. The van der Waals surface area contributed by atoms with Gasteiger partial charge >= 0.3 is 7.12 Å². The maximum absolute atomic E-state index is 11.1. The highest BCUT2D eigenvalue weighted by Crippen LogP contribution is 2.37. The van der Waals surface area contributed by atoms with E-state index in [0.717, 1.165) is 34.2 Å². The minimum Gasteiger partial charge on any atom is -0.494 e. The summed E-state index contributed by atoms with van der Waals surface area (Å²) in [5.74, 6) is 0.0768. The molecular weight excluding hydrogens is 461 g/mol. The molecule has 190 valence electrons. The average Bonchev–Trinajstić information content (AvgIpc) is 3.28. The molecule has 0 aliphatic carbocycles. The number of H-pyrrole nitrogens is 1. The summed E-state index contributed by atoms with van der Waals surface area (Å²) in [6.45, 7) is 9.03. The van der Waals surface area contributed by atoms with E-state index >= 15 is 0 Å². The van der Waals surface area contributed by atoms with Crippen molar-refractivity contribution in [3.63, 3.8) is 0 Å². The first-order valence-electron chi connectivity index (χ1n) is 12.6. The van der Waals surface area contributed by atoms with E-state index in [1.165, 1.54) is 5.56 Å². The molecule has 0 unspecified atom stereocenters. The van der Waals surface area contributed by atoms with E-state index in [-0.39, 0.29) is 5.88 Å². The molecule has 0 amide bonds. The van der Waals surface area contributed by atoms with Crippen LogP contribution in [0.5, 0.6) is 5.88 Å². The minimum absolute atomic E-state index is 0.0768. The van der Waals surface area contributed by atoms with Gasteiger partial charge in [0, 0.05) is 23.0 Å². The number of nitrogens with zero attached hydrogens (tertiary/aromatic N) is 2. The maximum Gasteiger partial charge on any atom is 0.494 e. The Morgan fingerprint density at radius 3 is 2.19 bits per heavy atom. The van der Waals surface area contributed by atoms with Gasteiger partial charge in [-0.25, -0.2) is 4.99 Å². The van der Waals surface area contributed by atoms with Gasteiger partial charge in [-0.1, -0.05) is 54.6 Å². The molecule has 1 aliphatic rings. The third kappa shape index (κ3) is 4.95. The number of fused-ring (bicyclic) bond motifs is 1. The molecule has 1 saturated heterocycles. The third-order valence-electron chi connectivity index (χ3n) is 7.29. The molecule has 0 atom stereocenters. The Kier molecular flexibility index (Phi) is 6.48.